The Bertz CT molecular complexity index is 275. The van der Waals surface area contributed by atoms with Crippen LogP contribution in [0.1, 0.15) is 19.4 Å². The number of aliphatic hydroxyl groups is 1. The number of nitrogens with one attached hydrogen (secondary N) is 1. The van der Waals surface area contributed by atoms with Crippen molar-refractivity contribution >= 4 is 0 Å². The molecule has 0 amide bonds. The minimum atomic E-state index is 0.0173. The van der Waals surface area contributed by atoms with Gasteiger partial charge in [0.15, 0.2) is 0 Å². The second-order valence-electron chi connectivity index (χ2n) is 4.20. The van der Waals surface area contributed by atoms with E-state index in [1.165, 1.54) is 0 Å². The maximum absolute atomic E-state index is 9.13. The average Bonchev–Trinajstić information content (AvgIpc) is 2.28. The molecule has 0 saturated heterocycles. The van der Waals surface area contributed by atoms with Gasteiger partial charge < -0.3 is 15.2 Å². The van der Waals surface area contributed by atoms with Crippen molar-refractivity contribution in [3.63, 3.8) is 0 Å². The Kier molecular flexibility index (Phi) is 6.08. The molecule has 1 rings (SSSR count). The van der Waals surface area contributed by atoms with Crippen LogP contribution in [0.15, 0.2) is 30.3 Å². The highest BCUT2D eigenvalue weighted by molar-refractivity contribution is 5.13. The van der Waals surface area contributed by atoms with E-state index in [2.05, 4.69) is 19.2 Å². The molecule has 0 heterocycles. The van der Waals surface area contributed by atoms with Gasteiger partial charge in [-0.2, -0.15) is 0 Å². The Morgan fingerprint density at radius 3 is 2.50 bits per heavy atom. The summed E-state index contributed by atoms with van der Waals surface area (Å²) in [5.41, 5.74) is 1.16. The molecule has 16 heavy (non-hydrogen) atoms. The third-order valence-corrected chi connectivity index (χ3v) is 2.22. The highest BCUT2D eigenvalue weighted by Gasteiger charge is 2.08. The van der Waals surface area contributed by atoms with Gasteiger partial charge in [0.2, 0.25) is 0 Å². The summed E-state index contributed by atoms with van der Waals surface area (Å²) in [5, 5.41) is 12.4. The average molecular weight is 223 g/mol. The summed E-state index contributed by atoms with van der Waals surface area (Å²) in [6, 6.07) is 10.4. The molecule has 0 spiro atoms. The van der Waals surface area contributed by atoms with Crippen molar-refractivity contribution in [2.24, 2.45) is 0 Å². The molecule has 3 nitrogen and oxygen atoms in total. The summed E-state index contributed by atoms with van der Waals surface area (Å²) in [7, 11) is 0. The zero-order valence-corrected chi connectivity index (χ0v) is 10.0. The number of aliphatic hydroxyl groups excluding tert-OH is 1. The molecular formula is C13H21NO2. The van der Waals surface area contributed by atoms with Crippen LogP contribution in [-0.2, 0) is 11.3 Å². The SMILES string of the molecule is CC(C)N[C@H](CO)COCc1ccccc1. The van der Waals surface area contributed by atoms with Crippen LogP contribution in [0.5, 0.6) is 0 Å². The van der Waals surface area contributed by atoms with Crippen LogP contribution in [0.4, 0.5) is 0 Å². The fourth-order valence-corrected chi connectivity index (χ4v) is 1.52. The first-order valence-electron chi connectivity index (χ1n) is 5.71. The zero-order chi connectivity index (χ0) is 11.8. The van der Waals surface area contributed by atoms with E-state index in [0.29, 0.717) is 19.3 Å². The smallest absolute Gasteiger partial charge is 0.0717 e. The van der Waals surface area contributed by atoms with Crippen molar-refractivity contribution in [3.05, 3.63) is 35.9 Å². The number of hydrogen-bond acceptors (Lipinski definition) is 3. The van der Waals surface area contributed by atoms with E-state index >= 15 is 0 Å². The molecule has 1 atom stereocenters. The minimum Gasteiger partial charge on any atom is -0.395 e. The van der Waals surface area contributed by atoms with Crippen LogP contribution in [0.25, 0.3) is 0 Å². The second-order valence-corrected chi connectivity index (χ2v) is 4.20. The predicted octanol–water partition coefficient (Wildman–Crippen LogP) is 1.56. The van der Waals surface area contributed by atoms with Gasteiger partial charge in [0, 0.05) is 6.04 Å². The van der Waals surface area contributed by atoms with Gasteiger partial charge in [-0.25, -0.2) is 0 Å². The highest BCUT2D eigenvalue weighted by Crippen LogP contribution is 2.01. The molecular weight excluding hydrogens is 202 g/mol. The summed E-state index contributed by atoms with van der Waals surface area (Å²) in [6.45, 7) is 5.34. The van der Waals surface area contributed by atoms with Gasteiger partial charge in [0.25, 0.3) is 0 Å². The molecule has 0 fully saturated rings. The van der Waals surface area contributed by atoms with Crippen LogP contribution in [0.3, 0.4) is 0 Å². The Balaban J connectivity index is 2.23. The molecule has 0 saturated carbocycles. The second kappa shape index (κ2) is 7.39. The topological polar surface area (TPSA) is 41.5 Å². The molecule has 0 aliphatic heterocycles. The Hall–Kier alpha value is -0.900. The first-order valence-corrected chi connectivity index (χ1v) is 5.71. The summed E-state index contributed by atoms with van der Waals surface area (Å²) < 4.78 is 5.55. The largest absolute Gasteiger partial charge is 0.395 e. The maximum Gasteiger partial charge on any atom is 0.0717 e. The third kappa shape index (κ3) is 5.26. The fourth-order valence-electron chi connectivity index (χ4n) is 1.52. The molecule has 1 aromatic rings. The molecule has 0 bridgehead atoms. The van der Waals surface area contributed by atoms with Gasteiger partial charge in [0.05, 0.1) is 25.9 Å². The summed E-state index contributed by atoms with van der Waals surface area (Å²) in [4.78, 5) is 0. The molecule has 90 valence electrons. The van der Waals surface area contributed by atoms with Crippen molar-refractivity contribution in [1.29, 1.82) is 0 Å². The van der Waals surface area contributed by atoms with Crippen molar-refractivity contribution in [3.8, 4) is 0 Å². The van der Waals surface area contributed by atoms with Crippen LogP contribution in [0, 0.1) is 0 Å². The van der Waals surface area contributed by atoms with E-state index < -0.39 is 0 Å². The quantitative estimate of drug-likeness (QED) is 0.737. The first kappa shape index (κ1) is 13.2. The normalized spacial score (nSPS) is 13.0. The molecule has 0 radical (unpaired) electrons. The van der Waals surface area contributed by atoms with Gasteiger partial charge in [0.1, 0.15) is 0 Å². The zero-order valence-electron chi connectivity index (χ0n) is 10.0. The molecule has 0 aromatic heterocycles. The molecule has 3 heteroatoms. The summed E-state index contributed by atoms with van der Waals surface area (Å²) in [6.07, 6.45) is 0. The van der Waals surface area contributed by atoms with Gasteiger partial charge >= 0.3 is 0 Å². The molecule has 0 aliphatic carbocycles. The fraction of sp³-hybridized carbons (Fsp3) is 0.538. The monoisotopic (exact) mass is 223 g/mol. The van der Waals surface area contributed by atoms with Crippen LogP contribution >= 0.6 is 0 Å². The van der Waals surface area contributed by atoms with Crippen molar-refractivity contribution in [2.45, 2.75) is 32.5 Å². The predicted molar refractivity (Wildman–Crippen MR) is 65.2 cm³/mol. The van der Waals surface area contributed by atoms with E-state index in [0.717, 1.165) is 5.56 Å². The van der Waals surface area contributed by atoms with Crippen molar-refractivity contribution in [2.75, 3.05) is 13.2 Å². The Morgan fingerprint density at radius 2 is 1.94 bits per heavy atom. The van der Waals surface area contributed by atoms with Gasteiger partial charge in [-0.1, -0.05) is 44.2 Å². The van der Waals surface area contributed by atoms with E-state index in [9.17, 15) is 0 Å². The summed E-state index contributed by atoms with van der Waals surface area (Å²) >= 11 is 0. The molecule has 2 N–H and O–H groups in total. The highest BCUT2D eigenvalue weighted by atomic mass is 16.5. The van der Waals surface area contributed by atoms with Gasteiger partial charge in [-0.05, 0) is 5.56 Å². The number of hydrogen-bond donors (Lipinski definition) is 2. The number of ether oxygens (including phenoxy) is 1. The van der Waals surface area contributed by atoms with Crippen LogP contribution in [0.2, 0.25) is 0 Å². The van der Waals surface area contributed by atoms with Crippen LogP contribution < -0.4 is 5.32 Å². The van der Waals surface area contributed by atoms with E-state index in [4.69, 9.17) is 9.84 Å². The minimum absolute atomic E-state index is 0.0173. The Labute approximate surface area is 97.4 Å². The Morgan fingerprint density at radius 1 is 1.25 bits per heavy atom. The lowest BCUT2D eigenvalue weighted by molar-refractivity contribution is 0.0755. The lowest BCUT2D eigenvalue weighted by Crippen LogP contribution is -2.40. The van der Waals surface area contributed by atoms with Gasteiger partial charge in [-0.15, -0.1) is 0 Å². The lowest BCUT2D eigenvalue weighted by Gasteiger charge is -2.18. The molecule has 0 aliphatic rings. The lowest BCUT2D eigenvalue weighted by atomic mass is 10.2. The van der Waals surface area contributed by atoms with Gasteiger partial charge in [-0.3, -0.25) is 0 Å². The number of rotatable bonds is 7. The molecule has 1 aromatic carbocycles. The third-order valence-electron chi connectivity index (χ3n) is 2.22. The van der Waals surface area contributed by atoms with E-state index in [1.54, 1.807) is 0 Å². The number of benzene rings is 1. The standard InChI is InChI=1S/C13H21NO2/c1-11(2)14-13(8-15)10-16-9-12-6-4-3-5-7-12/h3-7,11,13-15H,8-10H2,1-2H3/t13-/m1/s1. The summed E-state index contributed by atoms with van der Waals surface area (Å²) in [5.74, 6) is 0. The van der Waals surface area contributed by atoms with Crippen molar-refractivity contribution in [1.82, 2.24) is 5.32 Å². The first-order chi connectivity index (χ1) is 7.72. The van der Waals surface area contributed by atoms with Crippen molar-refractivity contribution < 1.29 is 9.84 Å². The van der Waals surface area contributed by atoms with Crippen LogP contribution in [-0.4, -0.2) is 30.4 Å². The maximum atomic E-state index is 9.13. The van der Waals surface area contributed by atoms with E-state index in [-0.39, 0.29) is 12.6 Å². The van der Waals surface area contributed by atoms with E-state index in [1.807, 2.05) is 30.3 Å². The molecule has 0 unspecified atom stereocenters.